The van der Waals surface area contributed by atoms with Crippen LogP contribution in [0.3, 0.4) is 0 Å². The lowest BCUT2D eigenvalue weighted by Gasteiger charge is -2.33. The highest BCUT2D eigenvalue weighted by Crippen LogP contribution is 2.53. The van der Waals surface area contributed by atoms with Crippen LogP contribution in [0.15, 0.2) is 80.2 Å². The average molecular weight is 528 g/mol. The van der Waals surface area contributed by atoms with Crippen molar-refractivity contribution in [2.45, 2.75) is 25.1 Å². The zero-order chi connectivity index (χ0) is 19.5. The molecule has 0 aliphatic heterocycles. The first kappa shape index (κ1) is 18.8. The molecule has 0 amide bonds. The third-order valence-electron chi connectivity index (χ3n) is 6.17. The van der Waals surface area contributed by atoms with Crippen molar-refractivity contribution in [3.05, 3.63) is 96.2 Å². The highest BCUT2D eigenvalue weighted by Gasteiger charge is 2.43. The van der Waals surface area contributed by atoms with Gasteiger partial charge in [0.15, 0.2) is 0 Å². The van der Waals surface area contributed by atoms with E-state index in [2.05, 4.69) is 111 Å². The van der Waals surface area contributed by atoms with E-state index in [4.69, 9.17) is 0 Å². The minimum atomic E-state index is -1.77. The van der Waals surface area contributed by atoms with Crippen LogP contribution < -0.4 is 0 Å². The number of hydrogen-bond acceptors (Lipinski definition) is 1. The second kappa shape index (κ2) is 6.94. The standard InChI is InChI=1S/C24H20Br2SSi/c1-28(2,18-8-5-15(12-18)23-4-3-11-27-23)24-21-13-16(25)6-9-19(21)20-10-7-17(26)14-22(20)24/h3-7,9-14,24H,8H2,1-2H3. The fourth-order valence-electron chi connectivity index (χ4n) is 4.75. The Hall–Kier alpha value is -1.20. The van der Waals surface area contributed by atoms with Crippen LogP contribution in [-0.4, -0.2) is 8.07 Å². The minimum Gasteiger partial charge on any atom is -0.144 e. The molecule has 5 rings (SSSR count). The Bertz CT molecular complexity index is 1090. The van der Waals surface area contributed by atoms with Crippen molar-refractivity contribution in [3.8, 4) is 11.1 Å². The van der Waals surface area contributed by atoms with Crippen LogP contribution in [0.5, 0.6) is 0 Å². The van der Waals surface area contributed by atoms with Gasteiger partial charge in [-0.1, -0.05) is 80.5 Å². The van der Waals surface area contributed by atoms with E-state index in [-0.39, 0.29) is 0 Å². The molecule has 0 unspecified atom stereocenters. The number of hydrogen-bond donors (Lipinski definition) is 0. The maximum absolute atomic E-state index is 3.72. The lowest BCUT2D eigenvalue weighted by Crippen LogP contribution is -2.37. The summed E-state index contributed by atoms with van der Waals surface area (Å²) in [6, 6.07) is 18.0. The molecule has 1 heterocycles. The van der Waals surface area contributed by atoms with E-state index in [1.807, 2.05) is 11.3 Å². The van der Waals surface area contributed by atoms with Crippen LogP contribution in [0.4, 0.5) is 0 Å². The molecule has 2 aliphatic carbocycles. The van der Waals surface area contributed by atoms with Gasteiger partial charge in [0.1, 0.15) is 0 Å². The van der Waals surface area contributed by atoms with Gasteiger partial charge in [0, 0.05) is 19.4 Å². The van der Waals surface area contributed by atoms with Crippen LogP contribution >= 0.6 is 43.2 Å². The third-order valence-corrected chi connectivity index (χ3v) is 12.1. The molecule has 0 fully saturated rings. The maximum Gasteiger partial charge on any atom is 0.0881 e. The van der Waals surface area contributed by atoms with Crippen molar-refractivity contribution in [1.29, 1.82) is 0 Å². The molecule has 1 aromatic heterocycles. The summed E-state index contributed by atoms with van der Waals surface area (Å²) < 4.78 is 2.34. The first-order valence-corrected chi connectivity index (χ1v) is 15.0. The van der Waals surface area contributed by atoms with Gasteiger partial charge in [-0.05, 0) is 70.0 Å². The molecule has 0 spiro atoms. The van der Waals surface area contributed by atoms with Crippen molar-refractivity contribution in [2.24, 2.45) is 0 Å². The van der Waals surface area contributed by atoms with Crippen molar-refractivity contribution in [2.75, 3.05) is 0 Å². The summed E-state index contributed by atoms with van der Waals surface area (Å²) in [4.78, 5) is 1.39. The number of halogens is 2. The fraction of sp³-hybridized carbons (Fsp3) is 0.167. The number of benzene rings is 2. The zero-order valence-electron chi connectivity index (χ0n) is 15.8. The molecule has 0 saturated heterocycles. The first-order chi connectivity index (χ1) is 13.4. The van der Waals surface area contributed by atoms with E-state index in [1.165, 1.54) is 41.6 Å². The van der Waals surface area contributed by atoms with Gasteiger partial charge in [0.2, 0.25) is 0 Å². The van der Waals surface area contributed by atoms with Crippen LogP contribution in [0.2, 0.25) is 13.1 Å². The summed E-state index contributed by atoms with van der Waals surface area (Å²) in [5.41, 5.74) is 7.68. The Kier molecular flexibility index (Phi) is 4.66. The van der Waals surface area contributed by atoms with E-state index < -0.39 is 8.07 Å². The van der Waals surface area contributed by atoms with Gasteiger partial charge in [-0.25, -0.2) is 0 Å². The molecular formula is C24H20Br2SSi. The van der Waals surface area contributed by atoms with Crippen molar-refractivity contribution >= 4 is 56.8 Å². The number of rotatable bonds is 3. The highest BCUT2D eigenvalue weighted by atomic mass is 79.9. The molecule has 3 aromatic rings. The lowest BCUT2D eigenvalue weighted by atomic mass is 10.1. The largest absolute Gasteiger partial charge is 0.144 e. The molecule has 0 atom stereocenters. The quantitative estimate of drug-likeness (QED) is 0.299. The Balaban J connectivity index is 1.63. The van der Waals surface area contributed by atoms with E-state index >= 15 is 0 Å². The van der Waals surface area contributed by atoms with Crippen LogP contribution in [0.1, 0.15) is 28.0 Å². The molecule has 0 N–H and O–H groups in total. The van der Waals surface area contributed by atoms with E-state index in [9.17, 15) is 0 Å². The SMILES string of the molecule is C[Si](C)(C1=CC(c2cccs2)=CC1)C1c2cc(Br)ccc2-c2ccc(Br)cc21. The van der Waals surface area contributed by atoms with E-state index in [1.54, 1.807) is 5.20 Å². The summed E-state index contributed by atoms with van der Waals surface area (Å²) >= 11 is 9.28. The fourth-order valence-corrected chi connectivity index (χ4v) is 9.81. The molecule has 28 heavy (non-hydrogen) atoms. The van der Waals surface area contributed by atoms with Crippen LogP contribution in [0, 0.1) is 0 Å². The van der Waals surface area contributed by atoms with E-state index in [0.717, 1.165) is 6.42 Å². The normalized spacial score (nSPS) is 16.0. The van der Waals surface area contributed by atoms with Crippen molar-refractivity contribution in [3.63, 3.8) is 0 Å². The highest BCUT2D eigenvalue weighted by molar-refractivity contribution is 9.10. The number of fused-ring (bicyclic) bond motifs is 3. The Morgan fingerprint density at radius 1 is 0.929 bits per heavy atom. The number of thiophene rings is 1. The van der Waals surface area contributed by atoms with Gasteiger partial charge >= 0.3 is 0 Å². The average Bonchev–Trinajstić information content (AvgIpc) is 3.39. The molecular weight excluding hydrogens is 508 g/mol. The smallest absolute Gasteiger partial charge is 0.0881 e. The lowest BCUT2D eigenvalue weighted by molar-refractivity contribution is 1.10. The molecule has 140 valence electrons. The first-order valence-electron chi connectivity index (χ1n) is 9.49. The predicted octanol–water partition coefficient (Wildman–Crippen LogP) is 8.59. The Labute approximate surface area is 188 Å². The molecule has 4 heteroatoms. The second-order valence-electron chi connectivity index (χ2n) is 8.13. The summed E-state index contributed by atoms with van der Waals surface area (Å²) in [7, 11) is -1.77. The third kappa shape index (κ3) is 2.97. The minimum absolute atomic E-state index is 0.481. The predicted molar refractivity (Wildman–Crippen MR) is 132 cm³/mol. The topological polar surface area (TPSA) is 0 Å². The maximum atomic E-state index is 3.72. The summed E-state index contributed by atoms with van der Waals surface area (Å²) in [5, 5.41) is 3.82. The van der Waals surface area contributed by atoms with Gasteiger partial charge in [-0.15, -0.1) is 11.3 Å². The summed E-state index contributed by atoms with van der Waals surface area (Å²) in [6.45, 7) is 5.10. The van der Waals surface area contributed by atoms with Gasteiger partial charge in [-0.3, -0.25) is 0 Å². The molecule has 0 saturated carbocycles. The second-order valence-corrected chi connectivity index (χ2v) is 15.6. The monoisotopic (exact) mass is 526 g/mol. The van der Waals surface area contributed by atoms with Gasteiger partial charge in [0.05, 0.1) is 8.07 Å². The van der Waals surface area contributed by atoms with Crippen molar-refractivity contribution < 1.29 is 0 Å². The Morgan fingerprint density at radius 3 is 2.14 bits per heavy atom. The van der Waals surface area contributed by atoms with Gasteiger partial charge < -0.3 is 0 Å². The number of allylic oxidation sites excluding steroid dienone is 4. The molecule has 2 aromatic carbocycles. The van der Waals surface area contributed by atoms with Gasteiger partial charge in [0.25, 0.3) is 0 Å². The molecule has 0 bridgehead atoms. The van der Waals surface area contributed by atoms with Gasteiger partial charge in [-0.2, -0.15) is 0 Å². The van der Waals surface area contributed by atoms with Crippen molar-refractivity contribution in [1.82, 2.24) is 0 Å². The van der Waals surface area contributed by atoms with Crippen LogP contribution in [0.25, 0.3) is 16.7 Å². The van der Waals surface area contributed by atoms with E-state index in [0.29, 0.717) is 5.54 Å². The molecule has 2 aliphatic rings. The zero-order valence-corrected chi connectivity index (χ0v) is 20.8. The van der Waals surface area contributed by atoms with Crippen LogP contribution in [-0.2, 0) is 0 Å². The summed E-state index contributed by atoms with van der Waals surface area (Å²) in [5.74, 6) is 0. The molecule has 0 nitrogen and oxygen atoms in total. The molecule has 0 radical (unpaired) electrons. The Morgan fingerprint density at radius 2 is 1.57 bits per heavy atom. The summed E-state index contributed by atoms with van der Waals surface area (Å²) in [6.07, 6.45) is 6.01.